The van der Waals surface area contributed by atoms with Gasteiger partial charge in [0.1, 0.15) is 0 Å². The average molecular weight is 622 g/mol. The summed E-state index contributed by atoms with van der Waals surface area (Å²) in [5.74, 6) is 0. The molecule has 4 aromatic carbocycles. The van der Waals surface area contributed by atoms with Crippen LogP contribution in [0.15, 0.2) is 72.8 Å². The Labute approximate surface area is 257 Å². The van der Waals surface area contributed by atoms with E-state index in [2.05, 4.69) is 128 Å². The minimum absolute atomic E-state index is 0. The molecule has 0 amide bonds. The SMILES string of the molecule is Cc1ccccc1-c1cc2c(cc1C(C)(C)C)-c1cc(C(C)(C)C)c(-c3ccccc3C)cc1[CH]2[Zr].Cl.Cl. The summed E-state index contributed by atoms with van der Waals surface area (Å²) in [4.78, 5) is 0. The normalized spacial score (nSPS) is 12.8. The van der Waals surface area contributed by atoms with E-state index in [-0.39, 0.29) is 35.6 Å². The number of fused-ring (bicyclic) bond motifs is 3. The second-order valence-corrected chi connectivity index (χ2v) is 14.0. The van der Waals surface area contributed by atoms with Crippen molar-refractivity contribution in [3.8, 4) is 33.4 Å². The fourth-order valence-corrected chi connectivity index (χ4v) is 6.96. The summed E-state index contributed by atoms with van der Waals surface area (Å²) in [6.45, 7) is 18.6. The van der Waals surface area contributed by atoms with Gasteiger partial charge in [-0.25, -0.2) is 0 Å². The maximum Gasteiger partial charge on any atom is -0.147 e. The molecule has 0 heterocycles. The van der Waals surface area contributed by atoms with Crippen molar-refractivity contribution in [1.29, 1.82) is 0 Å². The first-order chi connectivity index (χ1) is 16.9. The third-order valence-corrected chi connectivity index (χ3v) is 9.31. The molecule has 1 aliphatic carbocycles. The second kappa shape index (κ2) is 11.1. The Morgan fingerprint density at radius 1 is 0.500 bits per heavy atom. The Balaban J connectivity index is 0.00000200. The largest absolute Gasteiger partial charge is 0.147 e. The van der Waals surface area contributed by atoms with Gasteiger partial charge in [0.15, 0.2) is 0 Å². The third-order valence-electron chi connectivity index (χ3n) is 7.78. The molecule has 0 aliphatic heterocycles. The van der Waals surface area contributed by atoms with Crippen molar-refractivity contribution in [1.82, 2.24) is 0 Å². The molecule has 0 saturated carbocycles. The van der Waals surface area contributed by atoms with Gasteiger partial charge < -0.3 is 0 Å². The van der Waals surface area contributed by atoms with Crippen LogP contribution in [0.2, 0.25) is 0 Å². The van der Waals surface area contributed by atoms with Gasteiger partial charge in [0, 0.05) is 0 Å². The maximum absolute atomic E-state index is 2.53. The Hall–Kier alpha value is -1.66. The van der Waals surface area contributed by atoms with Crippen molar-refractivity contribution in [3.63, 3.8) is 0 Å². The fraction of sp³-hybridized carbons (Fsp3) is 0.314. The van der Waals surface area contributed by atoms with Crippen LogP contribution in [0.5, 0.6) is 0 Å². The van der Waals surface area contributed by atoms with Gasteiger partial charge in [-0.05, 0) is 0 Å². The van der Waals surface area contributed by atoms with Crippen LogP contribution in [0.25, 0.3) is 33.4 Å². The van der Waals surface area contributed by atoms with Gasteiger partial charge in [-0.15, -0.1) is 24.8 Å². The fourth-order valence-electron chi connectivity index (χ4n) is 5.78. The molecule has 0 N–H and O–H groups in total. The number of rotatable bonds is 2. The molecule has 0 fully saturated rings. The van der Waals surface area contributed by atoms with Gasteiger partial charge in [0.25, 0.3) is 0 Å². The van der Waals surface area contributed by atoms with Crippen molar-refractivity contribution in [2.75, 3.05) is 0 Å². The summed E-state index contributed by atoms with van der Waals surface area (Å²) in [6.07, 6.45) is 0. The molecule has 0 radical (unpaired) electrons. The topological polar surface area (TPSA) is 0 Å². The van der Waals surface area contributed by atoms with Gasteiger partial charge >= 0.3 is 234 Å². The van der Waals surface area contributed by atoms with Crippen molar-refractivity contribution >= 4 is 24.8 Å². The minimum atomic E-state index is 0. The van der Waals surface area contributed by atoms with Gasteiger partial charge in [0.05, 0.1) is 0 Å². The number of aryl methyl sites for hydroxylation is 2. The van der Waals surface area contributed by atoms with Gasteiger partial charge in [0.2, 0.25) is 0 Å². The Morgan fingerprint density at radius 3 is 1.16 bits per heavy atom. The molecule has 0 bridgehead atoms. The van der Waals surface area contributed by atoms with E-state index in [0.717, 1.165) is 0 Å². The van der Waals surface area contributed by atoms with Crippen molar-refractivity contribution in [2.45, 2.75) is 69.8 Å². The average Bonchev–Trinajstić information content (AvgIpc) is 3.08. The van der Waals surface area contributed by atoms with Crippen LogP contribution in [0.3, 0.4) is 0 Å². The van der Waals surface area contributed by atoms with Crippen molar-refractivity contribution in [3.05, 3.63) is 106 Å². The van der Waals surface area contributed by atoms with Crippen LogP contribution in [-0.4, -0.2) is 0 Å². The Kier molecular flexibility index (Phi) is 9.00. The van der Waals surface area contributed by atoms with E-state index in [4.69, 9.17) is 0 Å². The predicted molar refractivity (Wildman–Crippen MR) is 166 cm³/mol. The maximum atomic E-state index is 2.53. The van der Waals surface area contributed by atoms with Gasteiger partial charge in [-0.2, -0.15) is 0 Å². The molecule has 0 aromatic heterocycles. The van der Waals surface area contributed by atoms with Crippen LogP contribution in [0, 0.1) is 13.8 Å². The van der Waals surface area contributed by atoms with E-state index < -0.39 is 0 Å². The van der Waals surface area contributed by atoms with Crippen LogP contribution in [-0.2, 0) is 35.5 Å². The molecule has 3 heteroatoms. The van der Waals surface area contributed by atoms with E-state index in [1.807, 2.05) is 0 Å². The molecule has 0 unspecified atom stereocenters. The smallest absolute Gasteiger partial charge is 0.147 e. The summed E-state index contributed by atoms with van der Waals surface area (Å²) < 4.78 is 0.454. The molecule has 0 saturated heterocycles. The van der Waals surface area contributed by atoms with E-state index in [9.17, 15) is 0 Å². The Morgan fingerprint density at radius 2 is 0.842 bits per heavy atom. The van der Waals surface area contributed by atoms with Gasteiger partial charge in [-0.3, -0.25) is 0 Å². The Bertz CT molecular complexity index is 1370. The minimum Gasteiger partial charge on any atom is -0.147 e. The van der Waals surface area contributed by atoms with Crippen LogP contribution in [0.4, 0.5) is 0 Å². The zero-order chi connectivity index (χ0) is 26.0. The van der Waals surface area contributed by atoms with Crippen molar-refractivity contribution < 1.29 is 24.7 Å². The van der Waals surface area contributed by atoms with E-state index in [0.29, 0.717) is 3.63 Å². The third kappa shape index (κ3) is 5.37. The molecule has 197 valence electrons. The molecule has 4 aromatic rings. The molecular weight excluding hydrogens is 583 g/mol. The first-order valence-corrected chi connectivity index (χ1v) is 14.5. The molecule has 0 nitrogen and oxygen atoms in total. The number of halogens is 2. The van der Waals surface area contributed by atoms with E-state index in [1.54, 1.807) is 24.7 Å². The molecule has 1 aliphatic rings. The monoisotopic (exact) mass is 619 g/mol. The standard InChI is InChI=1S/C35H37.2ClH.Zr/c1-22-13-9-11-15-26(22)30-18-24-17-25-19-31(27-16-12-10-14-23(27)2)33(35(6,7)8)21-29(25)28(24)20-32(30)34(3,4)5;;;/h9-21H,1-8H3;2*1H;. The number of benzene rings is 4. The summed E-state index contributed by atoms with van der Waals surface area (Å²) >= 11 is 1.55. The van der Waals surface area contributed by atoms with Crippen LogP contribution in [0.1, 0.15) is 78.5 Å². The molecule has 38 heavy (non-hydrogen) atoms. The van der Waals surface area contributed by atoms with Crippen LogP contribution >= 0.6 is 24.8 Å². The zero-order valence-electron chi connectivity index (χ0n) is 23.8. The number of hydrogen-bond acceptors (Lipinski definition) is 0. The van der Waals surface area contributed by atoms with Crippen molar-refractivity contribution in [2.24, 2.45) is 0 Å². The predicted octanol–water partition coefficient (Wildman–Crippen LogP) is 10.7. The molecule has 0 spiro atoms. The molecular formula is C35H39Cl2Zr. The summed E-state index contributed by atoms with van der Waals surface area (Å²) in [5, 5.41) is 0. The molecule has 0 atom stereocenters. The van der Waals surface area contributed by atoms with Crippen LogP contribution < -0.4 is 0 Å². The summed E-state index contributed by atoms with van der Waals surface area (Å²) in [6, 6.07) is 27.8. The van der Waals surface area contributed by atoms with E-state index >= 15 is 0 Å². The first-order valence-electron chi connectivity index (χ1n) is 13.1. The summed E-state index contributed by atoms with van der Waals surface area (Å²) in [5.41, 5.74) is 17.1. The quantitative estimate of drug-likeness (QED) is 0.209. The molecule has 5 rings (SSSR count). The first kappa shape index (κ1) is 30.9. The van der Waals surface area contributed by atoms with Gasteiger partial charge in [-0.1, -0.05) is 0 Å². The number of hydrogen-bond donors (Lipinski definition) is 0. The zero-order valence-corrected chi connectivity index (χ0v) is 27.9. The second-order valence-electron chi connectivity index (χ2n) is 12.5. The summed E-state index contributed by atoms with van der Waals surface area (Å²) in [7, 11) is 0. The van der Waals surface area contributed by atoms with E-state index in [1.165, 1.54) is 66.8 Å².